The Morgan fingerprint density at radius 1 is 0.383 bits per heavy atom. The first-order chi connectivity index (χ1) is 23.2. The van der Waals surface area contributed by atoms with Gasteiger partial charge in [0, 0.05) is 0 Å². The van der Waals surface area contributed by atoms with Crippen LogP contribution in [0, 0.1) is 0 Å². The summed E-state index contributed by atoms with van der Waals surface area (Å²) in [7, 11) is -5.71. The lowest BCUT2D eigenvalue weighted by atomic mass is 10.4. The second-order valence-corrected chi connectivity index (χ2v) is 16.6. The molecule has 0 radical (unpaired) electrons. The molecule has 47 heavy (non-hydrogen) atoms. The monoisotopic (exact) mass is 651 g/mol. The minimum atomic E-state index is -2.86. The SMILES string of the molecule is O=c1nc(O[P+](c2ccccc2)(c2ccccc2)c2ccccc2)nc(O[P+](c2ccccc2)(c2ccccc2)c2ccccc2)[nH]1. The minimum absolute atomic E-state index is 0.0252. The zero-order valence-electron chi connectivity index (χ0n) is 25.3. The maximum atomic E-state index is 13.4. The van der Waals surface area contributed by atoms with Crippen LogP contribution in [0.2, 0.25) is 0 Å². The van der Waals surface area contributed by atoms with Crippen molar-refractivity contribution in [2.45, 2.75) is 0 Å². The molecule has 0 amide bonds. The van der Waals surface area contributed by atoms with E-state index in [2.05, 4.69) is 82.8 Å². The van der Waals surface area contributed by atoms with Crippen molar-refractivity contribution in [2.75, 3.05) is 0 Å². The lowest BCUT2D eigenvalue weighted by Crippen LogP contribution is -2.36. The highest BCUT2D eigenvalue weighted by Crippen LogP contribution is 2.57. The molecule has 1 aromatic heterocycles. The largest absolute Gasteiger partial charge is 0.372 e. The lowest BCUT2D eigenvalue weighted by Gasteiger charge is -2.26. The maximum Gasteiger partial charge on any atom is 0.372 e. The molecule has 0 aliphatic rings. The Bertz CT molecular complexity index is 1760. The molecule has 0 fully saturated rings. The zero-order valence-corrected chi connectivity index (χ0v) is 27.1. The van der Waals surface area contributed by atoms with Crippen LogP contribution in [0.3, 0.4) is 0 Å². The van der Waals surface area contributed by atoms with E-state index in [9.17, 15) is 4.79 Å². The third kappa shape index (κ3) is 5.97. The van der Waals surface area contributed by atoms with Crippen molar-refractivity contribution in [2.24, 2.45) is 0 Å². The number of nitrogens with zero attached hydrogens (tertiary/aromatic N) is 2. The fraction of sp³-hybridized carbons (Fsp3) is 0. The van der Waals surface area contributed by atoms with Crippen LogP contribution in [0.25, 0.3) is 0 Å². The van der Waals surface area contributed by atoms with Crippen molar-refractivity contribution < 1.29 is 9.05 Å². The highest BCUT2D eigenvalue weighted by atomic mass is 31.2. The summed E-state index contributed by atoms with van der Waals surface area (Å²) >= 11 is 0. The van der Waals surface area contributed by atoms with E-state index in [4.69, 9.17) is 14.0 Å². The summed E-state index contributed by atoms with van der Waals surface area (Å²) in [5.41, 5.74) is -0.621. The number of benzene rings is 6. The number of nitrogens with one attached hydrogen (secondary N) is 1. The molecule has 7 aromatic rings. The molecular weight excluding hydrogens is 620 g/mol. The summed E-state index contributed by atoms with van der Waals surface area (Å²) in [4.78, 5) is 25.2. The van der Waals surface area contributed by atoms with Gasteiger partial charge in [0.1, 0.15) is 31.8 Å². The molecule has 0 aliphatic heterocycles. The van der Waals surface area contributed by atoms with Crippen LogP contribution in [0.5, 0.6) is 12.0 Å². The Balaban J connectivity index is 1.42. The van der Waals surface area contributed by atoms with E-state index in [0.717, 1.165) is 31.8 Å². The Labute approximate surface area is 274 Å². The molecule has 1 N–H and O–H groups in total. The fourth-order valence-corrected chi connectivity index (χ4v) is 12.4. The van der Waals surface area contributed by atoms with Crippen LogP contribution >= 0.6 is 15.0 Å². The number of H-pyrrole nitrogens is 1. The second kappa shape index (κ2) is 13.5. The Hall–Kier alpha value is -5.41. The first kappa shape index (κ1) is 30.3. The Morgan fingerprint density at radius 3 is 0.957 bits per heavy atom. The molecule has 8 heteroatoms. The van der Waals surface area contributed by atoms with Crippen molar-refractivity contribution in [3.63, 3.8) is 0 Å². The summed E-state index contributed by atoms with van der Waals surface area (Å²) in [5.74, 6) is 0. The van der Waals surface area contributed by atoms with Gasteiger partial charge < -0.3 is 0 Å². The van der Waals surface area contributed by atoms with Crippen LogP contribution in [0.4, 0.5) is 0 Å². The van der Waals surface area contributed by atoms with Gasteiger partial charge in [0.15, 0.2) is 0 Å². The average Bonchev–Trinajstić information content (AvgIpc) is 3.15. The molecule has 6 aromatic carbocycles. The molecule has 0 bridgehead atoms. The third-order valence-electron chi connectivity index (χ3n) is 7.77. The van der Waals surface area contributed by atoms with Gasteiger partial charge in [-0.15, -0.1) is 9.97 Å². The smallest absolute Gasteiger partial charge is 0.295 e. The summed E-state index contributed by atoms with van der Waals surface area (Å²) in [6.45, 7) is 0. The molecule has 7 rings (SSSR count). The van der Waals surface area contributed by atoms with E-state index in [1.165, 1.54) is 0 Å². The van der Waals surface area contributed by atoms with Crippen molar-refractivity contribution in [3.8, 4) is 12.0 Å². The number of rotatable bonds is 10. The van der Waals surface area contributed by atoms with E-state index >= 15 is 0 Å². The number of aromatic amines is 1. The zero-order chi connectivity index (χ0) is 31.9. The van der Waals surface area contributed by atoms with Crippen LogP contribution < -0.4 is 46.6 Å². The minimum Gasteiger partial charge on any atom is -0.295 e. The second-order valence-electron chi connectivity index (χ2n) is 10.7. The molecule has 0 atom stereocenters. The molecule has 0 unspecified atom stereocenters. The summed E-state index contributed by atoms with van der Waals surface area (Å²) in [6, 6.07) is 60.4. The molecule has 0 aliphatic carbocycles. The van der Waals surface area contributed by atoms with Crippen molar-refractivity contribution in [3.05, 3.63) is 192 Å². The van der Waals surface area contributed by atoms with Crippen LogP contribution in [-0.4, -0.2) is 15.0 Å². The normalized spacial score (nSPS) is 11.5. The number of hydrogen-bond donors (Lipinski definition) is 1. The van der Waals surface area contributed by atoms with Crippen LogP contribution in [0.1, 0.15) is 0 Å². The molecule has 6 nitrogen and oxygen atoms in total. The van der Waals surface area contributed by atoms with E-state index in [1.54, 1.807) is 0 Å². The molecule has 0 spiro atoms. The number of aromatic nitrogens is 3. The molecular formula is C39H31N3O3P2+2. The highest BCUT2D eigenvalue weighted by molar-refractivity contribution is 7.92. The van der Waals surface area contributed by atoms with Gasteiger partial charge in [-0.1, -0.05) is 109 Å². The van der Waals surface area contributed by atoms with Gasteiger partial charge in [0.05, 0.1) is 0 Å². The summed E-state index contributed by atoms with van der Waals surface area (Å²) in [6.07, 6.45) is 0. The van der Waals surface area contributed by atoms with Gasteiger partial charge in [-0.3, -0.25) is 14.0 Å². The van der Waals surface area contributed by atoms with E-state index in [-0.39, 0.29) is 12.0 Å². The van der Waals surface area contributed by atoms with Crippen molar-refractivity contribution in [1.82, 2.24) is 15.0 Å². The first-order valence-corrected chi connectivity index (χ1v) is 18.6. The van der Waals surface area contributed by atoms with Gasteiger partial charge in [-0.2, -0.15) is 0 Å². The summed E-state index contributed by atoms with van der Waals surface area (Å²) < 4.78 is 14.1. The molecule has 228 valence electrons. The third-order valence-corrected chi connectivity index (χ3v) is 14.8. The van der Waals surface area contributed by atoms with E-state index < -0.39 is 20.7 Å². The maximum absolute atomic E-state index is 13.4. The molecule has 0 saturated carbocycles. The van der Waals surface area contributed by atoms with E-state index in [1.807, 2.05) is 109 Å². The van der Waals surface area contributed by atoms with Gasteiger partial charge in [0.25, 0.3) is 15.0 Å². The number of hydrogen-bond acceptors (Lipinski definition) is 5. The lowest BCUT2D eigenvalue weighted by molar-refractivity contribution is 0.499. The predicted molar refractivity (Wildman–Crippen MR) is 194 cm³/mol. The van der Waals surface area contributed by atoms with Crippen LogP contribution in [-0.2, 0) is 0 Å². The quantitative estimate of drug-likeness (QED) is 0.191. The Kier molecular flexibility index (Phi) is 8.70. The topological polar surface area (TPSA) is 77.1 Å². The average molecular weight is 652 g/mol. The van der Waals surface area contributed by atoms with Crippen molar-refractivity contribution >= 4 is 46.8 Å². The standard InChI is InChI=1S/C39H30N3O3P2/c43-37-40-38(44-46(31-19-7-1-8-20-31,32-21-9-2-10-22-32)33-23-11-3-12-24-33)42-39(41-37)45-47(34-25-13-4-14-26-34,35-27-15-5-16-28-35)36-29-17-6-18-30-36/h1-30H/q+1/p+1. The van der Waals surface area contributed by atoms with Crippen molar-refractivity contribution in [1.29, 1.82) is 0 Å². The first-order valence-electron chi connectivity index (χ1n) is 15.2. The highest BCUT2D eigenvalue weighted by Gasteiger charge is 2.52. The van der Waals surface area contributed by atoms with Gasteiger partial charge >= 0.3 is 17.7 Å². The Morgan fingerprint density at radius 2 is 0.660 bits per heavy atom. The molecule has 0 saturated heterocycles. The van der Waals surface area contributed by atoms with E-state index in [0.29, 0.717) is 0 Å². The van der Waals surface area contributed by atoms with Gasteiger partial charge in [-0.05, 0) is 72.8 Å². The molecule has 1 heterocycles. The fourth-order valence-electron chi connectivity index (χ4n) is 5.72. The summed E-state index contributed by atoms with van der Waals surface area (Å²) in [5, 5.41) is 5.80. The predicted octanol–water partition coefficient (Wildman–Crippen LogP) is 5.74. The van der Waals surface area contributed by atoms with Gasteiger partial charge in [0.2, 0.25) is 0 Å². The van der Waals surface area contributed by atoms with Gasteiger partial charge in [-0.25, -0.2) is 4.79 Å². The van der Waals surface area contributed by atoms with Crippen LogP contribution in [0.15, 0.2) is 187 Å².